The van der Waals surface area contributed by atoms with E-state index >= 15 is 0 Å². The number of nitrogens with zero attached hydrogens (tertiary/aromatic N) is 3. The number of aromatic nitrogens is 4. The Morgan fingerprint density at radius 3 is 2.91 bits per heavy atom. The van der Waals surface area contributed by atoms with Crippen LogP contribution in [0.1, 0.15) is 37.4 Å². The van der Waals surface area contributed by atoms with Crippen molar-refractivity contribution < 1.29 is 4.79 Å². The molecule has 0 saturated carbocycles. The Balaban J connectivity index is 1.90. The maximum absolute atomic E-state index is 11.9. The molecule has 0 atom stereocenters. The SMILES string of the molecule is CCCCc1cc(=O)[nH]c(SCC(=O)Nc2nnc(CC)s2)n1. The van der Waals surface area contributed by atoms with E-state index in [4.69, 9.17) is 0 Å². The quantitative estimate of drug-likeness (QED) is 0.558. The number of hydrogen-bond donors (Lipinski definition) is 2. The second kappa shape index (κ2) is 8.78. The van der Waals surface area contributed by atoms with Gasteiger partial charge in [0, 0.05) is 11.8 Å². The summed E-state index contributed by atoms with van der Waals surface area (Å²) in [4.78, 5) is 30.5. The first kappa shape index (κ1) is 17.6. The summed E-state index contributed by atoms with van der Waals surface area (Å²) < 4.78 is 0. The minimum absolute atomic E-state index is 0.154. The topological polar surface area (TPSA) is 101 Å². The van der Waals surface area contributed by atoms with Gasteiger partial charge >= 0.3 is 0 Å². The summed E-state index contributed by atoms with van der Waals surface area (Å²) in [5.74, 6) is -0.0447. The van der Waals surface area contributed by atoms with Gasteiger partial charge in [0.05, 0.1) is 5.75 Å². The van der Waals surface area contributed by atoms with Gasteiger partial charge in [-0.3, -0.25) is 14.9 Å². The molecule has 0 fully saturated rings. The summed E-state index contributed by atoms with van der Waals surface area (Å²) in [5, 5.41) is 12.4. The van der Waals surface area contributed by atoms with Crippen molar-refractivity contribution in [2.24, 2.45) is 0 Å². The summed E-state index contributed by atoms with van der Waals surface area (Å²) in [6.45, 7) is 4.07. The van der Waals surface area contributed by atoms with Gasteiger partial charge in [0.2, 0.25) is 11.0 Å². The molecule has 0 bridgehead atoms. The Hall–Kier alpha value is -1.74. The second-order valence-corrected chi connectivity index (χ2v) is 6.86. The molecule has 0 spiro atoms. The Labute approximate surface area is 142 Å². The van der Waals surface area contributed by atoms with Crippen molar-refractivity contribution in [2.45, 2.75) is 44.7 Å². The van der Waals surface area contributed by atoms with Crippen LogP contribution in [0.4, 0.5) is 5.13 Å². The van der Waals surface area contributed by atoms with Crippen LogP contribution in [0.25, 0.3) is 0 Å². The molecule has 1 amide bonds. The average molecular weight is 353 g/mol. The Bertz CT molecular complexity index is 713. The van der Waals surface area contributed by atoms with E-state index in [9.17, 15) is 9.59 Å². The molecule has 124 valence electrons. The molecule has 23 heavy (non-hydrogen) atoms. The molecule has 0 unspecified atom stereocenters. The standard InChI is InChI=1S/C14H19N5O2S2/c1-3-5-6-9-7-10(20)16-13(15-9)22-8-11(21)17-14-19-18-12(4-2)23-14/h7H,3-6,8H2,1-2H3,(H,15,16,20)(H,17,19,21). The van der Waals surface area contributed by atoms with Gasteiger partial charge in [-0.25, -0.2) is 4.98 Å². The van der Waals surface area contributed by atoms with Gasteiger partial charge in [-0.05, 0) is 19.3 Å². The fourth-order valence-electron chi connectivity index (χ4n) is 1.77. The number of aromatic amines is 1. The molecular formula is C14H19N5O2S2. The highest BCUT2D eigenvalue weighted by molar-refractivity contribution is 7.99. The number of anilines is 1. The zero-order chi connectivity index (χ0) is 16.7. The molecule has 7 nitrogen and oxygen atoms in total. The fraction of sp³-hybridized carbons (Fsp3) is 0.500. The van der Waals surface area contributed by atoms with E-state index in [-0.39, 0.29) is 17.2 Å². The number of carbonyl (C=O) groups is 1. The van der Waals surface area contributed by atoms with E-state index in [0.29, 0.717) is 10.3 Å². The van der Waals surface area contributed by atoms with E-state index in [0.717, 1.165) is 36.4 Å². The smallest absolute Gasteiger partial charge is 0.251 e. The van der Waals surface area contributed by atoms with E-state index < -0.39 is 0 Å². The van der Waals surface area contributed by atoms with E-state index in [1.165, 1.54) is 29.2 Å². The summed E-state index contributed by atoms with van der Waals surface area (Å²) in [7, 11) is 0. The van der Waals surface area contributed by atoms with Crippen LogP contribution < -0.4 is 10.9 Å². The van der Waals surface area contributed by atoms with E-state index in [2.05, 4.69) is 32.4 Å². The Morgan fingerprint density at radius 1 is 1.39 bits per heavy atom. The van der Waals surface area contributed by atoms with Gasteiger partial charge in [-0.15, -0.1) is 10.2 Å². The number of thioether (sulfide) groups is 1. The van der Waals surface area contributed by atoms with Gasteiger partial charge in [0.25, 0.3) is 5.56 Å². The number of rotatable bonds is 8. The predicted molar refractivity (Wildman–Crippen MR) is 92.1 cm³/mol. The number of carbonyl (C=O) groups excluding carboxylic acids is 1. The van der Waals surface area contributed by atoms with Crippen molar-refractivity contribution in [3.8, 4) is 0 Å². The molecule has 0 aliphatic carbocycles. The highest BCUT2D eigenvalue weighted by Crippen LogP contribution is 2.17. The molecule has 2 rings (SSSR count). The molecule has 0 aromatic carbocycles. The number of hydrogen-bond acceptors (Lipinski definition) is 7. The number of H-pyrrole nitrogens is 1. The number of aryl methyl sites for hydroxylation is 2. The van der Waals surface area contributed by atoms with Crippen LogP contribution in [0.5, 0.6) is 0 Å². The molecule has 0 aliphatic rings. The largest absolute Gasteiger partial charge is 0.301 e. The first-order valence-corrected chi connectivity index (χ1v) is 9.26. The monoisotopic (exact) mass is 353 g/mol. The number of amides is 1. The Morgan fingerprint density at radius 2 is 2.22 bits per heavy atom. The first-order chi connectivity index (χ1) is 11.1. The lowest BCUT2D eigenvalue weighted by Crippen LogP contribution is -2.15. The maximum atomic E-state index is 11.9. The molecule has 0 saturated heterocycles. The summed E-state index contributed by atoms with van der Waals surface area (Å²) >= 11 is 2.56. The molecular weight excluding hydrogens is 334 g/mol. The van der Waals surface area contributed by atoms with Gasteiger partial charge < -0.3 is 4.98 Å². The zero-order valence-corrected chi connectivity index (χ0v) is 14.7. The van der Waals surface area contributed by atoms with Crippen LogP contribution in [0.3, 0.4) is 0 Å². The third-order valence-corrected chi connectivity index (χ3v) is 4.77. The normalized spacial score (nSPS) is 10.7. The Kier molecular flexibility index (Phi) is 6.72. The fourth-order valence-corrected chi connectivity index (χ4v) is 3.16. The minimum Gasteiger partial charge on any atom is -0.301 e. The van der Waals surface area contributed by atoms with Crippen molar-refractivity contribution >= 4 is 34.1 Å². The minimum atomic E-state index is -0.199. The lowest BCUT2D eigenvalue weighted by atomic mass is 10.2. The first-order valence-electron chi connectivity index (χ1n) is 7.46. The lowest BCUT2D eigenvalue weighted by Gasteiger charge is -2.03. The number of nitrogens with one attached hydrogen (secondary N) is 2. The molecule has 0 aliphatic heterocycles. The zero-order valence-electron chi connectivity index (χ0n) is 13.1. The maximum Gasteiger partial charge on any atom is 0.251 e. The molecule has 2 heterocycles. The molecule has 0 radical (unpaired) electrons. The summed E-state index contributed by atoms with van der Waals surface area (Å²) in [6, 6.07) is 1.51. The second-order valence-electron chi connectivity index (χ2n) is 4.84. The molecule has 9 heteroatoms. The van der Waals surface area contributed by atoms with Gasteiger partial charge in [0.1, 0.15) is 5.01 Å². The van der Waals surface area contributed by atoms with Gasteiger partial charge in [-0.1, -0.05) is 43.4 Å². The van der Waals surface area contributed by atoms with E-state index in [1.807, 2.05) is 6.92 Å². The van der Waals surface area contributed by atoms with Crippen LogP contribution in [-0.4, -0.2) is 31.8 Å². The predicted octanol–water partition coefficient (Wildman–Crippen LogP) is 2.26. The lowest BCUT2D eigenvalue weighted by molar-refractivity contribution is -0.113. The van der Waals surface area contributed by atoms with Crippen molar-refractivity contribution in [1.82, 2.24) is 20.2 Å². The van der Waals surface area contributed by atoms with Crippen molar-refractivity contribution in [3.63, 3.8) is 0 Å². The molecule has 2 aromatic rings. The van der Waals surface area contributed by atoms with Crippen molar-refractivity contribution in [1.29, 1.82) is 0 Å². The van der Waals surface area contributed by atoms with Crippen LogP contribution in [0, 0.1) is 0 Å². The van der Waals surface area contributed by atoms with Crippen molar-refractivity contribution in [2.75, 3.05) is 11.1 Å². The third kappa shape index (κ3) is 5.76. The highest BCUT2D eigenvalue weighted by atomic mass is 32.2. The number of unbranched alkanes of at least 4 members (excludes halogenated alkanes) is 1. The van der Waals surface area contributed by atoms with Crippen LogP contribution in [0.2, 0.25) is 0 Å². The molecule has 2 aromatic heterocycles. The van der Waals surface area contributed by atoms with Crippen LogP contribution in [-0.2, 0) is 17.6 Å². The van der Waals surface area contributed by atoms with Crippen molar-refractivity contribution in [3.05, 3.63) is 27.1 Å². The van der Waals surface area contributed by atoms with E-state index in [1.54, 1.807) is 0 Å². The van der Waals surface area contributed by atoms with Crippen LogP contribution >= 0.6 is 23.1 Å². The summed E-state index contributed by atoms with van der Waals surface area (Å²) in [6.07, 6.45) is 3.58. The third-order valence-electron chi connectivity index (χ3n) is 2.92. The summed E-state index contributed by atoms with van der Waals surface area (Å²) in [5.41, 5.74) is 0.570. The molecule has 2 N–H and O–H groups in total. The van der Waals surface area contributed by atoms with Gasteiger partial charge in [0.15, 0.2) is 5.16 Å². The van der Waals surface area contributed by atoms with Gasteiger partial charge in [-0.2, -0.15) is 0 Å². The van der Waals surface area contributed by atoms with Crippen LogP contribution in [0.15, 0.2) is 16.0 Å². The highest BCUT2D eigenvalue weighted by Gasteiger charge is 2.09. The average Bonchev–Trinajstić information content (AvgIpc) is 2.98.